The van der Waals surface area contributed by atoms with Gasteiger partial charge in [-0.3, -0.25) is 4.79 Å². The van der Waals surface area contributed by atoms with Gasteiger partial charge in [-0.15, -0.1) is 11.8 Å². The summed E-state index contributed by atoms with van der Waals surface area (Å²) in [4.78, 5) is 11.5. The normalized spacial score (nSPS) is 11.7. The SMILES string of the molecule is CSc1ccc(S(=O)(=O)N(C)CC(=O)O)cc1. The van der Waals surface area contributed by atoms with Crippen LogP contribution in [0.25, 0.3) is 0 Å². The summed E-state index contributed by atoms with van der Waals surface area (Å²) in [5, 5.41) is 8.57. The Morgan fingerprint density at radius 2 is 1.88 bits per heavy atom. The van der Waals surface area contributed by atoms with Crippen LogP contribution in [0.4, 0.5) is 0 Å². The van der Waals surface area contributed by atoms with Gasteiger partial charge >= 0.3 is 5.97 Å². The molecule has 1 rings (SSSR count). The minimum atomic E-state index is -3.72. The van der Waals surface area contributed by atoms with E-state index in [0.29, 0.717) is 0 Å². The molecule has 0 radical (unpaired) electrons. The molecule has 0 spiro atoms. The molecule has 1 aromatic carbocycles. The van der Waals surface area contributed by atoms with Crippen LogP contribution >= 0.6 is 11.8 Å². The quantitative estimate of drug-likeness (QED) is 0.815. The molecule has 94 valence electrons. The Balaban J connectivity index is 3.00. The second kappa shape index (κ2) is 5.52. The van der Waals surface area contributed by atoms with E-state index in [9.17, 15) is 13.2 Å². The van der Waals surface area contributed by atoms with Crippen LogP contribution in [0.3, 0.4) is 0 Å². The zero-order valence-electron chi connectivity index (χ0n) is 9.45. The Hall–Kier alpha value is -1.05. The zero-order valence-corrected chi connectivity index (χ0v) is 11.1. The van der Waals surface area contributed by atoms with Gasteiger partial charge < -0.3 is 5.11 Å². The summed E-state index contributed by atoms with van der Waals surface area (Å²) in [6.45, 7) is -0.549. The van der Waals surface area contributed by atoms with Gasteiger partial charge in [0.25, 0.3) is 0 Å². The van der Waals surface area contributed by atoms with E-state index < -0.39 is 22.5 Å². The summed E-state index contributed by atoms with van der Waals surface area (Å²) < 4.78 is 24.7. The van der Waals surface area contributed by atoms with Crippen molar-refractivity contribution in [2.45, 2.75) is 9.79 Å². The number of thioether (sulfide) groups is 1. The number of carboxylic acids is 1. The third-order valence-electron chi connectivity index (χ3n) is 2.13. The first-order chi connectivity index (χ1) is 7.87. The van der Waals surface area contributed by atoms with Crippen molar-refractivity contribution in [2.24, 2.45) is 0 Å². The van der Waals surface area contributed by atoms with Crippen molar-refractivity contribution < 1.29 is 18.3 Å². The molecule has 1 aromatic rings. The summed E-state index contributed by atoms with van der Waals surface area (Å²) >= 11 is 1.50. The Morgan fingerprint density at radius 1 is 1.35 bits per heavy atom. The molecule has 0 saturated heterocycles. The average molecular weight is 275 g/mol. The van der Waals surface area contributed by atoms with Crippen molar-refractivity contribution in [1.29, 1.82) is 0 Å². The first-order valence-electron chi connectivity index (χ1n) is 4.70. The third-order valence-corrected chi connectivity index (χ3v) is 4.69. The van der Waals surface area contributed by atoms with Gasteiger partial charge in [0.1, 0.15) is 6.54 Å². The van der Waals surface area contributed by atoms with Crippen LogP contribution in [0.2, 0.25) is 0 Å². The van der Waals surface area contributed by atoms with Crippen molar-refractivity contribution in [3.8, 4) is 0 Å². The smallest absolute Gasteiger partial charge is 0.318 e. The lowest BCUT2D eigenvalue weighted by molar-refractivity contribution is -0.137. The Labute approximate surface area is 104 Å². The van der Waals surface area contributed by atoms with Gasteiger partial charge in [0, 0.05) is 11.9 Å². The lowest BCUT2D eigenvalue weighted by atomic mass is 10.4. The fourth-order valence-corrected chi connectivity index (χ4v) is 2.73. The number of hydrogen-bond donors (Lipinski definition) is 1. The van der Waals surface area contributed by atoms with Gasteiger partial charge in [-0.05, 0) is 30.5 Å². The van der Waals surface area contributed by atoms with E-state index in [0.717, 1.165) is 9.20 Å². The van der Waals surface area contributed by atoms with E-state index >= 15 is 0 Å². The van der Waals surface area contributed by atoms with Crippen molar-refractivity contribution in [1.82, 2.24) is 4.31 Å². The Bertz CT molecular complexity index is 496. The van der Waals surface area contributed by atoms with Gasteiger partial charge in [-0.1, -0.05) is 0 Å². The number of sulfonamides is 1. The van der Waals surface area contributed by atoms with Crippen LogP contribution in [0.15, 0.2) is 34.1 Å². The average Bonchev–Trinajstić information content (AvgIpc) is 2.28. The summed E-state index contributed by atoms with van der Waals surface area (Å²) in [7, 11) is -2.47. The molecule has 1 N–H and O–H groups in total. The van der Waals surface area contributed by atoms with Gasteiger partial charge in [0.05, 0.1) is 4.90 Å². The molecule has 7 heteroatoms. The van der Waals surface area contributed by atoms with Gasteiger partial charge in [0.2, 0.25) is 10.0 Å². The molecule has 0 aliphatic rings. The van der Waals surface area contributed by atoms with E-state index in [-0.39, 0.29) is 4.90 Å². The molecule has 0 aromatic heterocycles. The maximum atomic E-state index is 11.9. The van der Waals surface area contributed by atoms with Gasteiger partial charge in [0.15, 0.2) is 0 Å². The van der Waals surface area contributed by atoms with Gasteiger partial charge in [-0.2, -0.15) is 4.31 Å². The fraction of sp³-hybridized carbons (Fsp3) is 0.300. The first-order valence-corrected chi connectivity index (χ1v) is 7.36. The summed E-state index contributed by atoms with van der Waals surface area (Å²) in [6.07, 6.45) is 1.89. The predicted octanol–water partition coefficient (Wildman–Crippen LogP) is 1.11. The monoisotopic (exact) mass is 275 g/mol. The first kappa shape index (κ1) is 14.0. The van der Waals surface area contributed by atoms with Crippen molar-refractivity contribution in [3.63, 3.8) is 0 Å². The van der Waals surface area contributed by atoms with E-state index in [1.54, 1.807) is 12.1 Å². The standard InChI is InChI=1S/C10H13NO4S2/c1-11(7-10(12)13)17(14,15)9-5-3-8(16-2)4-6-9/h3-6H,7H2,1-2H3,(H,12,13). The highest BCUT2D eigenvalue weighted by Crippen LogP contribution is 2.19. The maximum absolute atomic E-state index is 11.9. The van der Waals surface area contributed by atoms with Crippen molar-refractivity contribution in [2.75, 3.05) is 19.8 Å². The number of carboxylic acid groups (broad SMARTS) is 1. The van der Waals surface area contributed by atoms with E-state index in [1.165, 1.54) is 30.9 Å². The topological polar surface area (TPSA) is 74.7 Å². The number of benzene rings is 1. The number of likely N-dealkylation sites (N-methyl/N-ethyl adjacent to an activating group) is 1. The largest absolute Gasteiger partial charge is 0.480 e. The summed E-state index contributed by atoms with van der Waals surface area (Å²) in [5.74, 6) is -1.18. The molecular weight excluding hydrogens is 262 g/mol. The Morgan fingerprint density at radius 3 is 2.29 bits per heavy atom. The lowest BCUT2D eigenvalue weighted by Gasteiger charge is -2.14. The van der Waals surface area contributed by atoms with E-state index in [2.05, 4.69) is 0 Å². The predicted molar refractivity (Wildman–Crippen MR) is 65.7 cm³/mol. The molecular formula is C10H13NO4S2. The fourth-order valence-electron chi connectivity index (χ4n) is 1.20. The molecule has 0 aliphatic heterocycles. The molecule has 0 saturated carbocycles. The molecule has 0 unspecified atom stereocenters. The van der Waals surface area contributed by atoms with E-state index in [1.807, 2.05) is 6.26 Å². The number of hydrogen-bond acceptors (Lipinski definition) is 4. The number of aliphatic carboxylic acids is 1. The molecule has 0 amide bonds. The molecule has 0 bridgehead atoms. The van der Waals surface area contributed by atoms with Crippen molar-refractivity contribution in [3.05, 3.63) is 24.3 Å². The second-order valence-corrected chi connectivity index (χ2v) is 6.25. The minimum absolute atomic E-state index is 0.0963. The molecule has 0 fully saturated rings. The molecule has 0 atom stereocenters. The Kier molecular flexibility index (Phi) is 4.55. The van der Waals surface area contributed by atoms with Crippen LogP contribution in [-0.4, -0.2) is 43.6 Å². The maximum Gasteiger partial charge on any atom is 0.318 e. The van der Waals surface area contributed by atoms with Gasteiger partial charge in [-0.25, -0.2) is 8.42 Å². The number of carbonyl (C=O) groups is 1. The minimum Gasteiger partial charge on any atom is -0.480 e. The highest BCUT2D eigenvalue weighted by molar-refractivity contribution is 7.98. The third kappa shape index (κ3) is 3.45. The highest BCUT2D eigenvalue weighted by Gasteiger charge is 2.22. The van der Waals surface area contributed by atoms with Crippen LogP contribution in [0.5, 0.6) is 0 Å². The van der Waals surface area contributed by atoms with Crippen LogP contribution in [-0.2, 0) is 14.8 Å². The molecule has 0 aliphatic carbocycles. The van der Waals surface area contributed by atoms with E-state index in [4.69, 9.17) is 5.11 Å². The second-order valence-electron chi connectivity index (χ2n) is 3.33. The number of rotatable bonds is 5. The lowest BCUT2D eigenvalue weighted by Crippen LogP contribution is -2.31. The molecule has 17 heavy (non-hydrogen) atoms. The number of nitrogens with zero attached hydrogens (tertiary/aromatic N) is 1. The van der Waals surface area contributed by atoms with Crippen molar-refractivity contribution >= 4 is 27.8 Å². The molecule has 5 nitrogen and oxygen atoms in total. The molecule has 0 heterocycles. The summed E-state index contributed by atoms with van der Waals surface area (Å²) in [6, 6.07) is 6.32. The highest BCUT2D eigenvalue weighted by atomic mass is 32.2. The van der Waals surface area contributed by atoms with Crippen LogP contribution < -0.4 is 0 Å². The summed E-state index contributed by atoms with van der Waals surface area (Å²) in [5.41, 5.74) is 0. The van der Waals surface area contributed by atoms with Crippen LogP contribution in [0, 0.1) is 0 Å². The van der Waals surface area contributed by atoms with Crippen LogP contribution in [0.1, 0.15) is 0 Å². The zero-order chi connectivity index (χ0) is 13.1.